The average Bonchev–Trinajstić information content (AvgIpc) is 1.86. The number of nitrogens with two attached hydrogens (primary N) is 2. The van der Waals surface area contributed by atoms with E-state index in [-0.39, 0.29) is 0 Å². The Labute approximate surface area is 65.9 Å². The van der Waals surface area contributed by atoms with Gasteiger partial charge in [-0.1, -0.05) is 18.2 Å². The highest BCUT2D eigenvalue weighted by atomic mass is 31.2. The molecule has 4 N–H and O–H groups in total. The highest BCUT2D eigenvalue weighted by molar-refractivity contribution is 7.67. The lowest BCUT2D eigenvalue weighted by Crippen LogP contribution is -2.20. The molecule has 0 atom stereocenters. The molecule has 0 aromatic heterocycles. The van der Waals surface area contributed by atoms with E-state index in [1.54, 1.807) is 12.1 Å². The molecule has 0 radical (unpaired) electrons. The van der Waals surface area contributed by atoms with Gasteiger partial charge in [0.1, 0.15) is 0 Å². The van der Waals surface area contributed by atoms with Gasteiger partial charge < -0.3 is 0 Å². The van der Waals surface area contributed by atoms with Crippen LogP contribution in [0.15, 0.2) is 24.3 Å². The molecule has 0 saturated carbocycles. The van der Waals surface area contributed by atoms with Gasteiger partial charge in [-0.05, 0) is 18.6 Å². The average molecular weight is 170 g/mol. The molecule has 60 valence electrons. The van der Waals surface area contributed by atoms with Crippen molar-refractivity contribution in [3.63, 3.8) is 0 Å². The van der Waals surface area contributed by atoms with Crippen molar-refractivity contribution in [3.8, 4) is 0 Å². The summed E-state index contributed by atoms with van der Waals surface area (Å²) in [5.74, 6) is 0. The third-order valence-corrected chi connectivity index (χ3v) is 2.75. The second-order valence-corrected chi connectivity index (χ2v) is 4.40. The quantitative estimate of drug-likeness (QED) is 0.610. The molecular formula is C7H11N2OP. The summed E-state index contributed by atoms with van der Waals surface area (Å²) in [5.41, 5.74) is 11.5. The number of hydrogen-bond donors (Lipinski definition) is 2. The van der Waals surface area contributed by atoms with Crippen LogP contribution in [0.25, 0.3) is 0 Å². The zero-order valence-electron chi connectivity index (χ0n) is 6.32. The molecule has 0 aliphatic rings. The van der Waals surface area contributed by atoms with Crippen LogP contribution in [0.5, 0.6) is 0 Å². The summed E-state index contributed by atoms with van der Waals surface area (Å²) in [5, 5.41) is 0.556. The summed E-state index contributed by atoms with van der Waals surface area (Å²) in [4.78, 5) is 0. The van der Waals surface area contributed by atoms with Crippen molar-refractivity contribution < 1.29 is 4.57 Å². The molecule has 0 aliphatic carbocycles. The molecule has 4 heteroatoms. The molecule has 11 heavy (non-hydrogen) atoms. The summed E-state index contributed by atoms with van der Waals surface area (Å²) < 4.78 is 11.2. The van der Waals surface area contributed by atoms with Crippen LogP contribution < -0.4 is 16.3 Å². The smallest absolute Gasteiger partial charge is 0.235 e. The molecule has 0 bridgehead atoms. The molecule has 1 rings (SSSR count). The predicted molar refractivity (Wildman–Crippen MR) is 46.8 cm³/mol. The standard InChI is InChI=1S/C7H11N2OP/c1-6-4-2-3-5-7(6)11(8,9)10/h2-5H,1H3,(H4,8,9,10). The molecule has 0 aliphatic heterocycles. The molecule has 0 unspecified atom stereocenters. The van der Waals surface area contributed by atoms with Gasteiger partial charge in [-0.2, -0.15) is 0 Å². The van der Waals surface area contributed by atoms with Crippen LogP contribution in [0.1, 0.15) is 5.56 Å². The minimum atomic E-state index is -3.06. The van der Waals surface area contributed by atoms with Crippen LogP contribution in [-0.2, 0) is 4.57 Å². The summed E-state index contributed by atoms with van der Waals surface area (Å²) in [6.07, 6.45) is 0. The number of benzene rings is 1. The first-order valence-corrected chi connectivity index (χ1v) is 5.10. The van der Waals surface area contributed by atoms with E-state index in [4.69, 9.17) is 11.0 Å². The minimum absolute atomic E-state index is 0.556. The van der Waals surface area contributed by atoms with Gasteiger partial charge in [0.15, 0.2) is 0 Å². The normalized spacial score (nSPS) is 11.5. The van der Waals surface area contributed by atoms with Gasteiger partial charge in [-0.25, -0.2) is 0 Å². The van der Waals surface area contributed by atoms with Gasteiger partial charge in [0.2, 0.25) is 7.44 Å². The topological polar surface area (TPSA) is 69.1 Å². The monoisotopic (exact) mass is 170 g/mol. The zero-order valence-corrected chi connectivity index (χ0v) is 7.21. The summed E-state index contributed by atoms with van der Waals surface area (Å²) in [7, 11) is -3.06. The van der Waals surface area contributed by atoms with Crippen molar-refractivity contribution in [1.82, 2.24) is 0 Å². The van der Waals surface area contributed by atoms with E-state index in [1.165, 1.54) is 0 Å². The van der Waals surface area contributed by atoms with Gasteiger partial charge in [0.05, 0.1) is 0 Å². The maximum atomic E-state index is 11.2. The second-order valence-electron chi connectivity index (χ2n) is 2.50. The fraction of sp³-hybridized carbons (Fsp3) is 0.143. The number of aryl methyl sites for hydroxylation is 1. The lowest BCUT2D eigenvalue weighted by molar-refractivity contribution is 0.583. The second kappa shape index (κ2) is 2.78. The van der Waals surface area contributed by atoms with Crippen LogP contribution in [-0.4, -0.2) is 0 Å². The van der Waals surface area contributed by atoms with E-state index in [2.05, 4.69) is 0 Å². The van der Waals surface area contributed by atoms with Gasteiger partial charge >= 0.3 is 0 Å². The predicted octanol–water partition coefficient (Wildman–Crippen LogP) is 0.731. The van der Waals surface area contributed by atoms with E-state index < -0.39 is 7.44 Å². The summed E-state index contributed by atoms with van der Waals surface area (Å²) >= 11 is 0. The Bertz CT molecular complexity index is 305. The Hall–Kier alpha value is -0.630. The van der Waals surface area contributed by atoms with Crippen LogP contribution in [0.2, 0.25) is 0 Å². The van der Waals surface area contributed by atoms with Crippen molar-refractivity contribution in [2.24, 2.45) is 11.0 Å². The Morgan fingerprint density at radius 1 is 1.27 bits per heavy atom. The molecule has 0 amide bonds. The third kappa shape index (κ3) is 1.90. The van der Waals surface area contributed by atoms with E-state index in [1.807, 2.05) is 19.1 Å². The number of rotatable bonds is 1. The van der Waals surface area contributed by atoms with E-state index in [9.17, 15) is 4.57 Å². The molecule has 1 aromatic rings. The minimum Gasteiger partial charge on any atom is -0.284 e. The highest BCUT2D eigenvalue weighted by Crippen LogP contribution is 2.24. The lowest BCUT2D eigenvalue weighted by atomic mass is 10.2. The third-order valence-electron chi connectivity index (χ3n) is 1.49. The Morgan fingerprint density at radius 2 is 1.82 bits per heavy atom. The molecular weight excluding hydrogens is 159 g/mol. The fourth-order valence-corrected chi connectivity index (χ4v) is 1.90. The first-order valence-electron chi connectivity index (χ1n) is 3.25. The molecule has 0 saturated heterocycles. The molecule has 3 nitrogen and oxygen atoms in total. The molecule has 0 fully saturated rings. The van der Waals surface area contributed by atoms with Gasteiger partial charge in [-0.3, -0.25) is 15.6 Å². The Balaban J connectivity index is 3.25. The fourth-order valence-electron chi connectivity index (χ4n) is 0.956. The van der Waals surface area contributed by atoms with Crippen LogP contribution in [0, 0.1) is 6.92 Å². The van der Waals surface area contributed by atoms with E-state index >= 15 is 0 Å². The first kappa shape index (κ1) is 8.47. The van der Waals surface area contributed by atoms with Gasteiger partial charge in [0.25, 0.3) is 0 Å². The van der Waals surface area contributed by atoms with Crippen molar-refractivity contribution in [2.45, 2.75) is 6.92 Å². The largest absolute Gasteiger partial charge is 0.284 e. The highest BCUT2D eigenvalue weighted by Gasteiger charge is 2.13. The number of hydrogen-bond acceptors (Lipinski definition) is 1. The van der Waals surface area contributed by atoms with Crippen LogP contribution >= 0.6 is 7.44 Å². The van der Waals surface area contributed by atoms with Crippen molar-refractivity contribution >= 4 is 12.7 Å². The van der Waals surface area contributed by atoms with Crippen molar-refractivity contribution in [2.75, 3.05) is 0 Å². The lowest BCUT2D eigenvalue weighted by Gasteiger charge is -2.08. The maximum Gasteiger partial charge on any atom is 0.235 e. The Morgan fingerprint density at radius 3 is 2.18 bits per heavy atom. The summed E-state index contributed by atoms with van der Waals surface area (Å²) in [6, 6.07) is 7.15. The van der Waals surface area contributed by atoms with Crippen molar-refractivity contribution in [1.29, 1.82) is 0 Å². The molecule has 1 aromatic carbocycles. The Kier molecular flexibility index (Phi) is 2.14. The van der Waals surface area contributed by atoms with E-state index in [0.717, 1.165) is 5.56 Å². The van der Waals surface area contributed by atoms with Gasteiger partial charge in [0, 0.05) is 5.30 Å². The molecule has 0 spiro atoms. The molecule has 0 heterocycles. The van der Waals surface area contributed by atoms with Crippen molar-refractivity contribution in [3.05, 3.63) is 29.8 Å². The zero-order chi connectivity index (χ0) is 8.48. The first-order chi connectivity index (χ1) is 5.02. The maximum absolute atomic E-state index is 11.2. The van der Waals surface area contributed by atoms with E-state index in [0.29, 0.717) is 5.30 Å². The van der Waals surface area contributed by atoms with Crippen LogP contribution in [0.4, 0.5) is 0 Å². The summed E-state index contributed by atoms with van der Waals surface area (Å²) in [6.45, 7) is 1.84. The van der Waals surface area contributed by atoms with Gasteiger partial charge in [-0.15, -0.1) is 0 Å². The van der Waals surface area contributed by atoms with Crippen LogP contribution in [0.3, 0.4) is 0 Å². The SMILES string of the molecule is Cc1ccccc1P(N)(N)=O.